The highest BCUT2D eigenvalue weighted by Gasteiger charge is 2.32. The minimum Gasteiger partial charge on any atom is -0.231 e. The van der Waals surface area contributed by atoms with E-state index in [-0.39, 0.29) is 11.6 Å². The number of halogens is 3. The van der Waals surface area contributed by atoms with E-state index in [1.54, 1.807) is 0 Å². The topological polar surface area (TPSA) is 49.6 Å². The van der Waals surface area contributed by atoms with E-state index in [4.69, 9.17) is 5.26 Å². The van der Waals surface area contributed by atoms with E-state index in [0.29, 0.717) is 5.75 Å². The molecule has 80 valence electrons. The van der Waals surface area contributed by atoms with E-state index in [0.717, 1.165) is 24.0 Å². The Balaban J connectivity index is 2.71. The SMILES string of the molecule is N#CCCSc1nccc(C(F)(F)F)n1. The molecular weight excluding hydrogens is 227 g/mol. The first-order valence-electron chi connectivity index (χ1n) is 3.94. The molecule has 0 unspecified atom stereocenters. The molecule has 0 saturated carbocycles. The number of thioether (sulfide) groups is 1. The van der Waals surface area contributed by atoms with Gasteiger partial charge < -0.3 is 0 Å². The van der Waals surface area contributed by atoms with Gasteiger partial charge in [-0.05, 0) is 6.07 Å². The van der Waals surface area contributed by atoms with E-state index in [1.807, 2.05) is 6.07 Å². The number of aromatic nitrogens is 2. The Morgan fingerprint density at radius 1 is 1.47 bits per heavy atom. The molecule has 1 aromatic rings. The molecule has 0 atom stereocenters. The maximum atomic E-state index is 12.2. The van der Waals surface area contributed by atoms with Gasteiger partial charge in [-0.3, -0.25) is 0 Å². The van der Waals surface area contributed by atoms with Crippen LogP contribution >= 0.6 is 11.8 Å². The van der Waals surface area contributed by atoms with Crippen LogP contribution in [0.5, 0.6) is 0 Å². The summed E-state index contributed by atoms with van der Waals surface area (Å²) in [6.07, 6.45) is -3.14. The normalized spacial score (nSPS) is 11.1. The van der Waals surface area contributed by atoms with Gasteiger partial charge in [0.1, 0.15) is 5.69 Å². The van der Waals surface area contributed by atoms with Crippen molar-refractivity contribution in [2.45, 2.75) is 17.8 Å². The molecule has 0 aliphatic heterocycles. The fraction of sp³-hybridized carbons (Fsp3) is 0.375. The molecule has 0 aromatic carbocycles. The summed E-state index contributed by atoms with van der Waals surface area (Å²) in [5.74, 6) is 0.387. The van der Waals surface area contributed by atoms with Gasteiger partial charge in [0, 0.05) is 18.4 Å². The van der Waals surface area contributed by atoms with Crippen LogP contribution in [0.4, 0.5) is 13.2 Å². The first kappa shape index (κ1) is 11.8. The monoisotopic (exact) mass is 233 g/mol. The number of hydrogen-bond acceptors (Lipinski definition) is 4. The van der Waals surface area contributed by atoms with E-state index in [1.165, 1.54) is 0 Å². The molecule has 0 radical (unpaired) electrons. The molecule has 0 N–H and O–H groups in total. The second kappa shape index (κ2) is 4.98. The lowest BCUT2D eigenvalue weighted by molar-refractivity contribution is -0.141. The molecule has 1 aromatic heterocycles. The Morgan fingerprint density at radius 3 is 2.80 bits per heavy atom. The first-order valence-corrected chi connectivity index (χ1v) is 4.92. The van der Waals surface area contributed by atoms with Crippen LogP contribution in [0.1, 0.15) is 12.1 Å². The maximum Gasteiger partial charge on any atom is 0.433 e. The molecule has 0 fully saturated rings. The molecule has 15 heavy (non-hydrogen) atoms. The van der Waals surface area contributed by atoms with Gasteiger partial charge >= 0.3 is 6.18 Å². The third-order valence-corrected chi connectivity index (χ3v) is 2.23. The van der Waals surface area contributed by atoms with Crippen LogP contribution in [0.3, 0.4) is 0 Å². The highest BCUT2D eigenvalue weighted by molar-refractivity contribution is 7.99. The van der Waals surface area contributed by atoms with Crippen molar-refractivity contribution >= 4 is 11.8 Å². The molecule has 0 saturated heterocycles. The second-order valence-corrected chi connectivity index (χ2v) is 3.54. The molecule has 7 heteroatoms. The minimum absolute atomic E-state index is 0.0417. The smallest absolute Gasteiger partial charge is 0.231 e. The zero-order chi connectivity index (χ0) is 11.3. The summed E-state index contributed by atoms with van der Waals surface area (Å²) in [5.41, 5.74) is -0.961. The van der Waals surface area contributed by atoms with Crippen molar-refractivity contribution in [3.8, 4) is 6.07 Å². The number of alkyl halides is 3. The van der Waals surface area contributed by atoms with Gasteiger partial charge in [0.05, 0.1) is 6.07 Å². The fourth-order valence-electron chi connectivity index (χ4n) is 0.756. The van der Waals surface area contributed by atoms with Crippen molar-refractivity contribution in [3.05, 3.63) is 18.0 Å². The van der Waals surface area contributed by atoms with E-state index >= 15 is 0 Å². The van der Waals surface area contributed by atoms with Crippen molar-refractivity contribution in [1.82, 2.24) is 9.97 Å². The van der Waals surface area contributed by atoms with E-state index in [2.05, 4.69) is 9.97 Å². The quantitative estimate of drug-likeness (QED) is 0.457. The predicted molar refractivity (Wildman–Crippen MR) is 48.0 cm³/mol. The second-order valence-electron chi connectivity index (χ2n) is 2.48. The maximum absolute atomic E-state index is 12.2. The van der Waals surface area contributed by atoms with Crippen molar-refractivity contribution in [2.24, 2.45) is 0 Å². The Morgan fingerprint density at radius 2 is 2.20 bits per heavy atom. The largest absolute Gasteiger partial charge is 0.433 e. The number of hydrogen-bond donors (Lipinski definition) is 0. The minimum atomic E-state index is -4.45. The van der Waals surface area contributed by atoms with Gasteiger partial charge in [-0.15, -0.1) is 0 Å². The van der Waals surface area contributed by atoms with Crippen LogP contribution in [-0.2, 0) is 6.18 Å². The van der Waals surface area contributed by atoms with Crippen molar-refractivity contribution in [2.75, 3.05) is 5.75 Å². The standard InChI is InChI=1S/C8H6F3N3S/c9-8(10,11)6-2-4-13-7(14-6)15-5-1-3-12/h2,4H,1,5H2. The molecule has 0 amide bonds. The van der Waals surface area contributed by atoms with Gasteiger partial charge in [-0.25, -0.2) is 9.97 Å². The third-order valence-electron chi connectivity index (χ3n) is 1.37. The van der Waals surface area contributed by atoms with Crippen LogP contribution < -0.4 is 0 Å². The summed E-state index contributed by atoms with van der Waals surface area (Å²) in [7, 11) is 0. The summed E-state index contributed by atoms with van der Waals surface area (Å²) in [6, 6.07) is 2.70. The zero-order valence-electron chi connectivity index (χ0n) is 7.45. The number of nitriles is 1. The van der Waals surface area contributed by atoms with Crippen LogP contribution in [0, 0.1) is 11.3 Å². The zero-order valence-corrected chi connectivity index (χ0v) is 8.27. The Labute approximate surface area is 88.3 Å². The van der Waals surface area contributed by atoms with Gasteiger partial charge in [-0.2, -0.15) is 18.4 Å². The van der Waals surface area contributed by atoms with E-state index < -0.39 is 11.9 Å². The summed E-state index contributed by atoms with van der Waals surface area (Å²) in [6.45, 7) is 0. The molecule has 0 bridgehead atoms. The van der Waals surface area contributed by atoms with Crippen molar-refractivity contribution in [3.63, 3.8) is 0 Å². The van der Waals surface area contributed by atoms with Crippen LogP contribution in [-0.4, -0.2) is 15.7 Å². The molecule has 1 heterocycles. The Bertz CT molecular complexity index is 372. The molecule has 0 aliphatic carbocycles. The van der Waals surface area contributed by atoms with Crippen LogP contribution in [0.25, 0.3) is 0 Å². The van der Waals surface area contributed by atoms with E-state index in [9.17, 15) is 13.2 Å². The lowest BCUT2D eigenvalue weighted by atomic mass is 10.4. The molecule has 0 spiro atoms. The fourth-order valence-corrected chi connectivity index (χ4v) is 1.43. The highest BCUT2D eigenvalue weighted by atomic mass is 32.2. The Hall–Kier alpha value is -1.29. The van der Waals surface area contributed by atoms with Crippen molar-refractivity contribution < 1.29 is 13.2 Å². The lowest BCUT2D eigenvalue weighted by Gasteiger charge is -2.05. The van der Waals surface area contributed by atoms with Gasteiger partial charge in [0.2, 0.25) is 0 Å². The summed E-state index contributed by atoms with van der Waals surface area (Å²) in [4.78, 5) is 7.00. The summed E-state index contributed by atoms with van der Waals surface area (Å²) in [5, 5.41) is 8.29. The summed E-state index contributed by atoms with van der Waals surface area (Å²) >= 11 is 1.03. The first-order chi connectivity index (χ1) is 7.04. The van der Waals surface area contributed by atoms with Crippen LogP contribution in [0.2, 0.25) is 0 Å². The predicted octanol–water partition coefficient (Wildman–Crippen LogP) is 2.50. The molecular formula is C8H6F3N3S. The van der Waals surface area contributed by atoms with Gasteiger partial charge in [0.25, 0.3) is 0 Å². The number of nitrogens with zero attached hydrogens (tertiary/aromatic N) is 3. The number of rotatable bonds is 3. The van der Waals surface area contributed by atoms with Crippen LogP contribution in [0.15, 0.2) is 17.4 Å². The van der Waals surface area contributed by atoms with Gasteiger partial charge in [-0.1, -0.05) is 11.8 Å². The average molecular weight is 233 g/mol. The highest BCUT2D eigenvalue weighted by Crippen LogP contribution is 2.28. The average Bonchev–Trinajstić information content (AvgIpc) is 2.17. The van der Waals surface area contributed by atoms with Gasteiger partial charge in [0.15, 0.2) is 5.16 Å². The molecule has 1 rings (SSSR count). The third kappa shape index (κ3) is 3.75. The molecule has 3 nitrogen and oxygen atoms in total. The molecule has 0 aliphatic rings. The summed E-state index contributed by atoms with van der Waals surface area (Å²) < 4.78 is 36.6. The van der Waals surface area contributed by atoms with Crippen molar-refractivity contribution in [1.29, 1.82) is 5.26 Å². The Kier molecular flexibility index (Phi) is 3.91. The lowest BCUT2D eigenvalue weighted by Crippen LogP contribution is -2.08.